The smallest absolute Gasteiger partial charge is 0.332 e. The molecule has 1 atom stereocenters. The van der Waals surface area contributed by atoms with Gasteiger partial charge in [0, 0.05) is 19.5 Å². The van der Waals surface area contributed by atoms with Crippen LogP contribution in [0, 0.1) is 5.92 Å². The summed E-state index contributed by atoms with van der Waals surface area (Å²) in [4.78, 5) is 21.4. The molecule has 0 radical (unpaired) electrons. The Balaban J connectivity index is 1.99. The Morgan fingerprint density at radius 2 is 2.00 bits per heavy atom. The Bertz CT molecular complexity index is 253. The zero-order chi connectivity index (χ0) is 12.0. The van der Waals surface area contributed by atoms with E-state index >= 15 is 0 Å². The van der Waals surface area contributed by atoms with E-state index in [4.69, 9.17) is 10.2 Å². The molecule has 0 spiro atoms. The molecule has 0 aliphatic heterocycles. The van der Waals surface area contributed by atoms with Gasteiger partial charge in [0.25, 0.3) is 0 Å². The number of aliphatic carboxylic acids is 1. The summed E-state index contributed by atoms with van der Waals surface area (Å²) in [5.74, 6) is -0.674. The van der Waals surface area contributed by atoms with E-state index in [9.17, 15) is 9.59 Å². The fraction of sp³-hybridized carbons (Fsp3) is 0.800. The van der Waals surface area contributed by atoms with Gasteiger partial charge in [-0.15, -0.1) is 0 Å². The van der Waals surface area contributed by atoms with Gasteiger partial charge in [0.1, 0.15) is 0 Å². The van der Waals surface area contributed by atoms with Crippen LogP contribution in [0.3, 0.4) is 0 Å². The van der Waals surface area contributed by atoms with E-state index in [0.717, 1.165) is 12.8 Å². The minimum absolute atomic E-state index is 0.0200. The molecular weight excluding hydrogens is 212 g/mol. The first-order valence-electron chi connectivity index (χ1n) is 5.52. The van der Waals surface area contributed by atoms with Gasteiger partial charge in [-0.3, -0.25) is 0 Å². The molecular formula is C10H18N2O4. The van der Waals surface area contributed by atoms with Crippen molar-refractivity contribution in [2.24, 2.45) is 5.92 Å². The zero-order valence-corrected chi connectivity index (χ0v) is 9.11. The number of nitrogens with one attached hydrogen (secondary N) is 2. The van der Waals surface area contributed by atoms with Crippen molar-refractivity contribution in [3.8, 4) is 0 Å². The maximum atomic E-state index is 11.2. The molecule has 2 amide bonds. The van der Waals surface area contributed by atoms with Gasteiger partial charge in [-0.05, 0) is 18.8 Å². The molecule has 0 heterocycles. The summed E-state index contributed by atoms with van der Waals surface area (Å²) in [7, 11) is 0. The summed E-state index contributed by atoms with van der Waals surface area (Å²) in [5.41, 5.74) is 0. The lowest BCUT2D eigenvalue weighted by atomic mass is 9.85. The van der Waals surface area contributed by atoms with Crippen LogP contribution >= 0.6 is 0 Å². The lowest BCUT2D eigenvalue weighted by molar-refractivity contribution is -0.146. The Morgan fingerprint density at radius 3 is 2.50 bits per heavy atom. The fourth-order valence-corrected chi connectivity index (χ4v) is 1.44. The second kappa shape index (κ2) is 6.32. The number of amides is 2. The highest BCUT2D eigenvalue weighted by atomic mass is 16.4. The number of carboxylic acids is 1. The molecule has 6 nitrogen and oxygen atoms in total. The first kappa shape index (κ1) is 12.8. The molecule has 1 saturated carbocycles. The third-order valence-corrected chi connectivity index (χ3v) is 2.76. The lowest BCUT2D eigenvalue weighted by Gasteiger charge is -2.25. The maximum Gasteiger partial charge on any atom is 0.332 e. The average molecular weight is 230 g/mol. The van der Waals surface area contributed by atoms with Gasteiger partial charge < -0.3 is 20.8 Å². The van der Waals surface area contributed by atoms with Crippen molar-refractivity contribution in [3.63, 3.8) is 0 Å². The largest absolute Gasteiger partial charge is 0.479 e. The first-order chi connectivity index (χ1) is 7.59. The topological polar surface area (TPSA) is 98.7 Å². The predicted molar refractivity (Wildman–Crippen MR) is 57.0 cm³/mol. The van der Waals surface area contributed by atoms with Crippen molar-refractivity contribution >= 4 is 12.0 Å². The van der Waals surface area contributed by atoms with Crippen molar-refractivity contribution in [2.45, 2.75) is 31.8 Å². The summed E-state index contributed by atoms with van der Waals surface area (Å²) < 4.78 is 0. The summed E-state index contributed by atoms with van der Waals surface area (Å²) in [5, 5.41) is 22.5. The van der Waals surface area contributed by atoms with Gasteiger partial charge in [-0.1, -0.05) is 6.42 Å². The molecule has 0 aromatic heterocycles. The monoisotopic (exact) mass is 230 g/mol. The van der Waals surface area contributed by atoms with Crippen LogP contribution in [0.4, 0.5) is 4.79 Å². The third kappa shape index (κ3) is 4.48. The van der Waals surface area contributed by atoms with Gasteiger partial charge in [-0.25, -0.2) is 9.59 Å². The second-order valence-corrected chi connectivity index (χ2v) is 4.08. The van der Waals surface area contributed by atoms with Crippen LogP contribution in [-0.2, 0) is 4.79 Å². The van der Waals surface area contributed by atoms with Crippen LogP contribution in [0.1, 0.15) is 25.7 Å². The molecule has 0 saturated heterocycles. The number of hydrogen-bond donors (Lipinski definition) is 4. The second-order valence-electron chi connectivity index (χ2n) is 4.08. The van der Waals surface area contributed by atoms with E-state index in [1.165, 1.54) is 6.42 Å². The summed E-state index contributed by atoms with van der Waals surface area (Å²) in [6.07, 6.45) is 2.17. The highest BCUT2D eigenvalue weighted by molar-refractivity contribution is 5.74. The number of carbonyl (C=O) groups is 2. The van der Waals surface area contributed by atoms with Crippen LogP contribution in [0.25, 0.3) is 0 Å². The molecule has 0 aromatic carbocycles. The molecule has 16 heavy (non-hydrogen) atoms. The van der Waals surface area contributed by atoms with Crippen LogP contribution in [0.15, 0.2) is 0 Å². The normalized spacial score (nSPS) is 17.3. The number of carbonyl (C=O) groups excluding carboxylic acids is 1. The molecule has 1 fully saturated rings. The van der Waals surface area contributed by atoms with Crippen LogP contribution < -0.4 is 10.6 Å². The molecule has 0 aromatic rings. The van der Waals surface area contributed by atoms with Crippen molar-refractivity contribution in [1.82, 2.24) is 10.6 Å². The van der Waals surface area contributed by atoms with E-state index in [2.05, 4.69) is 10.6 Å². The van der Waals surface area contributed by atoms with Gasteiger partial charge in [0.05, 0.1) is 0 Å². The van der Waals surface area contributed by atoms with Gasteiger partial charge in [0.15, 0.2) is 6.10 Å². The van der Waals surface area contributed by atoms with Gasteiger partial charge in [0.2, 0.25) is 0 Å². The molecule has 1 rings (SSSR count). The first-order valence-corrected chi connectivity index (χ1v) is 5.52. The highest BCUT2D eigenvalue weighted by Gasteiger charge is 2.18. The van der Waals surface area contributed by atoms with E-state index in [1.54, 1.807) is 0 Å². The summed E-state index contributed by atoms with van der Waals surface area (Å²) in [6, 6.07) is -0.301. The average Bonchev–Trinajstić information content (AvgIpc) is 2.15. The summed E-state index contributed by atoms with van der Waals surface area (Å²) >= 11 is 0. The number of aliphatic hydroxyl groups excluding tert-OH is 1. The number of urea groups is 1. The Hall–Kier alpha value is -1.30. The van der Waals surface area contributed by atoms with Crippen molar-refractivity contribution in [2.75, 3.05) is 13.1 Å². The third-order valence-electron chi connectivity index (χ3n) is 2.76. The van der Waals surface area contributed by atoms with Crippen LogP contribution in [0.5, 0.6) is 0 Å². The van der Waals surface area contributed by atoms with Crippen molar-refractivity contribution in [3.05, 3.63) is 0 Å². The number of aliphatic hydroxyl groups is 1. The van der Waals surface area contributed by atoms with E-state index in [-0.39, 0.29) is 19.0 Å². The summed E-state index contributed by atoms with van der Waals surface area (Å²) in [6.45, 7) is 0.831. The molecule has 0 unspecified atom stereocenters. The number of hydrogen-bond acceptors (Lipinski definition) is 3. The molecule has 6 heteroatoms. The predicted octanol–water partition coefficient (Wildman–Crippen LogP) is -0.0787. The number of rotatable bonds is 6. The Labute approximate surface area is 94.0 Å². The van der Waals surface area contributed by atoms with E-state index < -0.39 is 12.1 Å². The molecule has 4 N–H and O–H groups in total. The number of carboxylic acid groups (broad SMARTS) is 1. The van der Waals surface area contributed by atoms with Gasteiger partial charge >= 0.3 is 12.0 Å². The molecule has 1 aliphatic carbocycles. The zero-order valence-electron chi connectivity index (χ0n) is 9.11. The quantitative estimate of drug-likeness (QED) is 0.513. The van der Waals surface area contributed by atoms with E-state index in [1.807, 2.05) is 0 Å². The molecule has 1 aliphatic rings. The van der Waals surface area contributed by atoms with Crippen LogP contribution in [0.2, 0.25) is 0 Å². The maximum absolute atomic E-state index is 11.2. The van der Waals surface area contributed by atoms with Crippen LogP contribution in [-0.4, -0.2) is 41.4 Å². The van der Waals surface area contributed by atoms with E-state index in [0.29, 0.717) is 12.5 Å². The standard InChI is InChI=1S/C10H18N2O4/c13-8(9(14)15)4-5-11-10(16)12-6-7-2-1-3-7/h7-8,13H,1-6H2,(H,14,15)(H2,11,12,16)/t8-/m0/s1. The fourth-order valence-electron chi connectivity index (χ4n) is 1.44. The minimum Gasteiger partial charge on any atom is -0.479 e. The Morgan fingerprint density at radius 1 is 1.31 bits per heavy atom. The van der Waals surface area contributed by atoms with Crippen molar-refractivity contribution in [1.29, 1.82) is 0 Å². The van der Waals surface area contributed by atoms with Crippen molar-refractivity contribution < 1.29 is 19.8 Å². The molecule has 92 valence electrons. The Kier molecular flexibility index (Phi) is 5.04. The highest BCUT2D eigenvalue weighted by Crippen LogP contribution is 2.24. The van der Waals surface area contributed by atoms with Gasteiger partial charge in [-0.2, -0.15) is 0 Å². The minimum atomic E-state index is -1.41. The molecule has 0 bridgehead atoms. The SMILES string of the molecule is O=C(NCC[C@H](O)C(=O)O)NCC1CCC1. The lowest BCUT2D eigenvalue weighted by Crippen LogP contribution is -2.40.